The number of anilines is 1. The quantitative estimate of drug-likeness (QED) is 0.286. The largest absolute Gasteiger partial charge is 0.507 e. The molecule has 2 aliphatic rings. The molecule has 0 aliphatic heterocycles. The van der Waals surface area contributed by atoms with Gasteiger partial charge in [-0.1, -0.05) is 73.7 Å². The second kappa shape index (κ2) is 11.8. The van der Waals surface area contributed by atoms with Crippen molar-refractivity contribution < 1.29 is 19.1 Å². The normalized spacial score (nSPS) is 19.0. The average molecular weight is 526 g/mol. The van der Waals surface area contributed by atoms with Gasteiger partial charge in [0.1, 0.15) is 18.1 Å². The van der Waals surface area contributed by atoms with Crippen molar-refractivity contribution in [3.63, 3.8) is 0 Å². The maximum Gasteiger partial charge on any atom is 0.411 e. The van der Waals surface area contributed by atoms with Gasteiger partial charge in [0.15, 0.2) is 0 Å². The summed E-state index contributed by atoms with van der Waals surface area (Å²) in [5, 5.41) is 13.8. The van der Waals surface area contributed by atoms with Gasteiger partial charge in [0.05, 0.1) is 5.56 Å². The summed E-state index contributed by atoms with van der Waals surface area (Å²) >= 11 is 0. The lowest BCUT2D eigenvalue weighted by atomic mass is 9.75. The highest BCUT2D eigenvalue weighted by Gasteiger charge is 2.37. The molecule has 2 atom stereocenters. The summed E-state index contributed by atoms with van der Waals surface area (Å²) in [5.74, 6) is 0.393. The number of nitrogens with one attached hydrogen (secondary N) is 1. The number of amides is 1. The van der Waals surface area contributed by atoms with Crippen LogP contribution in [0.2, 0.25) is 0 Å². The van der Waals surface area contributed by atoms with E-state index >= 15 is 0 Å². The van der Waals surface area contributed by atoms with Crippen molar-refractivity contribution in [3.05, 3.63) is 118 Å². The molecule has 1 heterocycles. The van der Waals surface area contributed by atoms with Gasteiger partial charge in [-0.15, -0.1) is 0 Å². The van der Waals surface area contributed by atoms with Crippen molar-refractivity contribution in [1.82, 2.24) is 0 Å². The third-order valence-electron chi connectivity index (χ3n) is 7.92. The first-order valence-electron chi connectivity index (χ1n) is 13.7. The lowest BCUT2D eigenvalue weighted by molar-refractivity contribution is 0.155. The van der Waals surface area contributed by atoms with E-state index in [1.54, 1.807) is 12.1 Å². The van der Waals surface area contributed by atoms with Crippen molar-refractivity contribution in [3.8, 4) is 5.75 Å². The number of carbonyl (C=O) groups excluding carboxylic acids is 1. The van der Waals surface area contributed by atoms with E-state index < -0.39 is 11.7 Å². The van der Waals surface area contributed by atoms with E-state index in [4.69, 9.17) is 9.15 Å². The highest BCUT2D eigenvalue weighted by atomic mass is 16.5. The molecule has 1 saturated carbocycles. The predicted octanol–water partition coefficient (Wildman–Crippen LogP) is 7.48. The minimum absolute atomic E-state index is 0.0246. The monoisotopic (exact) mass is 525 g/mol. The number of aromatic hydroxyl groups is 1. The number of hydrogen-bond donors (Lipinski definition) is 2. The van der Waals surface area contributed by atoms with Gasteiger partial charge in [0, 0.05) is 24.1 Å². The van der Waals surface area contributed by atoms with Crippen LogP contribution in [0.15, 0.2) is 94.2 Å². The molecule has 2 aliphatic carbocycles. The van der Waals surface area contributed by atoms with Crippen LogP contribution in [-0.4, -0.2) is 11.2 Å². The zero-order valence-electron chi connectivity index (χ0n) is 22.3. The summed E-state index contributed by atoms with van der Waals surface area (Å²) in [6.45, 7) is 2.34. The minimum Gasteiger partial charge on any atom is -0.507 e. The van der Waals surface area contributed by atoms with Gasteiger partial charge in [0.25, 0.3) is 0 Å². The van der Waals surface area contributed by atoms with E-state index in [2.05, 4.69) is 36.5 Å². The first-order valence-corrected chi connectivity index (χ1v) is 13.7. The molecule has 0 bridgehead atoms. The number of hydrogen-bond acceptors (Lipinski definition) is 5. The molecule has 6 heteroatoms. The smallest absolute Gasteiger partial charge is 0.411 e. The maximum atomic E-state index is 13.2. The Morgan fingerprint density at radius 1 is 1.13 bits per heavy atom. The number of aryl methyl sites for hydroxylation is 1. The minimum atomic E-state index is -0.557. The van der Waals surface area contributed by atoms with E-state index in [-0.39, 0.29) is 35.2 Å². The van der Waals surface area contributed by atoms with E-state index in [0.717, 1.165) is 43.2 Å². The number of carbonyl (C=O) groups is 1. The van der Waals surface area contributed by atoms with Crippen molar-refractivity contribution in [2.45, 2.75) is 58.0 Å². The van der Waals surface area contributed by atoms with E-state index in [1.807, 2.05) is 48.5 Å². The Bertz CT molecular complexity index is 1420. The standard InChI is InChI=1S/C33H35NO5/c1-2-33(17-7-4-8-18-33)19-16-27-21-28(35)30(31(36)39-27)29(24-14-15-24)25-12-9-13-26(20-25)34-32(37)38-22-23-10-5-3-6-11-23/h3-13,17,20-21,24,29,35H,2,14-16,18-19,22H2,1H3,(H,34,37). The SMILES string of the molecule is CCC1(CCc2cc(O)c(C(c3cccc(NC(=O)OCc4ccccc4)c3)C3CC3)c(=O)o2)C=CC=CC1. The summed E-state index contributed by atoms with van der Waals surface area (Å²) in [4.78, 5) is 25.7. The van der Waals surface area contributed by atoms with Crippen LogP contribution in [-0.2, 0) is 17.8 Å². The first kappa shape index (κ1) is 26.5. The molecule has 1 fully saturated rings. The van der Waals surface area contributed by atoms with Gasteiger partial charge in [-0.05, 0) is 66.7 Å². The van der Waals surface area contributed by atoms with E-state index in [9.17, 15) is 14.7 Å². The fraction of sp³-hybridized carbons (Fsp3) is 0.333. The molecule has 0 saturated heterocycles. The van der Waals surface area contributed by atoms with Crippen LogP contribution >= 0.6 is 0 Å². The van der Waals surface area contributed by atoms with Gasteiger partial charge >= 0.3 is 11.7 Å². The molecule has 3 aromatic rings. The first-order chi connectivity index (χ1) is 19.0. The maximum absolute atomic E-state index is 13.2. The van der Waals surface area contributed by atoms with Gasteiger partial charge < -0.3 is 14.3 Å². The molecule has 2 unspecified atom stereocenters. The van der Waals surface area contributed by atoms with Crippen LogP contribution in [0.3, 0.4) is 0 Å². The van der Waals surface area contributed by atoms with E-state index in [1.165, 1.54) is 0 Å². The molecular formula is C33H35NO5. The fourth-order valence-corrected chi connectivity index (χ4v) is 5.44. The Hall–Kier alpha value is -4.06. The summed E-state index contributed by atoms with van der Waals surface area (Å²) < 4.78 is 11.1. The van der Waals surface area contributed by atoms with Gasteiger partial charge in [0.2, 0.25) is 0 Å². The summed E-state index contributed by atoms with van der Waals surface area (Å²) in [7, 11) is 0. The molecule has 1 amide bonds. The molecule has 1 aromatic heterocycles. The molecule has 0 radical (unpaired) electrons. The van der Waals surface area contributed by atoms with Crippen LogP contribution in [0, 0.1) is 11.3 Å². The summed E-state index contributed by atoms with van der Waals surface area (Å²) in [6, 6.07) is 18.5. The van der Waals surface area contributed by atoms with Gasteiger partial charge in [-0.25, -0.2) is 9.59 Å². The number of allylic oxidation sites excluding steroid dienone is 4. The average Bonchev–Trinajstić information content (AvgIpc) is 3.79. The van der Waals surface area contributed by atoms with Gasteiger partial charge in [-0.3, -0.25) is 5.32 Å². The molecular weight excluding hydrogens is 490 g/mol. The van der Waals surface area contributed by atoms with Crippen LogP contribution in [0.5, 0.6) is 5.75 Å². The molecule has 2 N–H and O–H groups in total. The van der Waals surface area contributed by atoms with Crippen molar-refractivity contribution >= 4 is 11.8 Å². The summed E-state index contributed by atoms with van der Waals surface area (Å²) in [5.41, 5.74) is 2.16. The number of benzene rings is 2. The zero-order chi connectivity index (χ0) is 27.2. The second-order valence-corrected chi connectivity index (χ2v) is 10.6. The second-order valence-electron chi connectivity index (χ2n) is 10.6. The molecule has 6 nitrogen and oxygen atoms in total. The molecule has 39 heavy (non-hydrogen) atoms. The number of rotatable bonds is 10. The topological polar surface area (TPSA) is 88.8 Å². The Labute approximate surface area is 229 Å². The third kappa shape index (κ3) is 6.51. The third-order valence-corrected chi connectivity index (χ3v) is 7.92. The molecule has 0 spiro atoms. The fourth-order valence-electron chi connectivity index (χ4n) is 5.44. The van der Waals surface area contributed by atoms with Crippen molar-refractivity contribution in [2.75, 3.05) is 5.32 Å². The van der Waals surface area contributed by atoms with Crippen LogP contribution in [0.25, 0.3) is 0 Å². The molecule has 5 rings (SSSR count). The molecule has 2 aromatic carbocycles. The highest BCUT2D eigenvalue weighted by Crippen LogP contribution is 2.48. The number of ether oxygens (including phenoxy) is 1. The van der Waals surface area contributed by atoms with Crippen molar-refractivity contribution in [1.29, 1.82) is 0 Å². The highest BCUT2D eigenvalue weighted by molar-refractivity contribution is 5.84. The Balaban J connectivity index is 1.31. The van der Waals surface area contributed by atoms with Crippen LogP contribution < -0.4 is 10.9 Å². The molecule has 202 valence electrons. The lowest BCUT2D eigenvalue weighted by Crippen LogP contribution is -2.20. The van der Waals surface area contributed by atoms with Crippen LogP contribution in [0.1, 0.15) is 67.4 Å². The Kier molecular flexibility index (Phi) is 8.01. The summed E-state index contributed by atoms with van der Waals surface area (Å²) in [6.07, 6.45) is 13.3. The lowest BCUT2D eigenvalue weighted by Gasteiger charge is -2.30. The Morgan fingerprint density at radius 2 is 1.95 bits per heavy atom. The van der Waals surface area contributed by atoms with Gasteiger partial charge in [-0.2, -0.15) is 0 Å². The zero-order valence-corrected chi connectivity index (χ0v) is 22.3. The Morgan fingerprint density at radius 3 is 2.64 bits per heavy atom. The predicted molar refractivity (Wildman–Crippen MR) is 152 cm³/mol. The van der Waals surface area contributed by atoms with Crippen molar-refractivity contribution in [2.24, 2.45) is 11.3 Å². The van der Waals surface area contributed by atoms with Crippen LogP contribution in [0.4, 0.5) is 10.5 Å². The van der Waals surface area contributed by atoms with E-state index in [0.29, 0.717) is 17.9 Å².